The summed E-state index contributed by atoms with van der Waals surface area (Å²) in [6.45, 7) is 5.25. The lowest BCUT2D eigenvalue weighted by Gasteiger charge is -2.29. The summed E-state index contributed by atoms with van der Waals surface area (Å²) in [5.74, 6) is -5.21. The number of nitrogens with zero attached hydrogens (tertiary/aromatic N) is 1. The number of ether oxygens (including phenoxy) is 2. The fourth-order valence-electron chi connectivity index (χ4n) is 2.41. The molecule has 0 heterocycles. The summed E-state index contributed by atoms with van der Waals surface area (Å²) in [5.41, 5.74) is 5.62. The first-order valence-corrected chi connectivity index (χ1v) is 9.98. The average Bonchev–Trinajstić information content (AvgIpc) is 2.67. The number of carbonyl (C=O) groups excluding carboxylic acids is 6. The number of esters is 2. The van der Waals surface area contributed by atoms with Gasteiger partial charge in [-0.1, -0.05) is 0 Å². The molecule has 0 fully saturated rings. The molecule has 0 saturated carbocycles. The quantitative estimate of drug-likeness (QED) is 0.193. The van der Waals surface area contributed by atoms with Gasteiger partial charge in [-0.2, -0.15) is 12.6 Å². The van der Waals surface area contributed by atoms with E-state index in [1.807, 2.05) is 0 Å². The van der Waals surface area contributed by atoms with Gasteiger partial charge in [-0.15, -0.1) is 0 Å². The van der Waals surface area contributed by atoms with E-state index in [9.17, 15) is 28.8 Å². The molecule has 11 nitrogen and oxygen atoms in total. The molecule has 0 rings (SSSR count). The van der Waals surface area contributed by atoms with E-state index >= 15 is 0 Å². The molecular weight excluding hydrogens is 418 g/mol. The third kappa shape index (κ3) is 8.49. The predicted octanol–water partition coefficient (Wildman–Crippen LogP) is -1.03. The molecule has 30 heavy (non-hydrogen) atoms. The highest BCUT2D eigenvalue weighted by atomic mass is 32.1. The zero-order valence-electron chi connectivity index (χ0n) is 17.5. The van der Waals surface area contributed by atoms with Gasteiger partial charge in [-0.05, 0) is 27.2 Å². The number of thiol groups is 1. The fraction of sp³-hybridized carbons (Fsp3) is 0.667. The number of hydrogen-bond donors (Lipinski definition) is 3. The second-order valence-corrected chi connectivity index (χ2v) is 6.56. The third-order valence-corrected chi connectivity index (χ3v) is 4.18. The smallest absolute Gasteiger partial charge is 0.337 e. The molecule has 3 N–H and O–H groups in total. The van der Waals surface area contributed by atoms with Crippen LogP contribution in [-0.4, -0.2) is 77.4 Å². The summed E-state index contributed by atoms with van der Waals surface area (Å²) in [6.07, 6.45) is -0.237. The van der Waals surface area contributed by atoms with Gasteiger partial charge in [0.1, 0.15) is 12.1 Å². The van der Waals surface area contributed by atoms with Crippen molar-refractivity contribution in [1.82, 2.24) is 10.2 Å². The highest BCUT2D eigenvalue weighted by molar-refractivity contribution is 7.80. The van der Waals surface area contributed by atoms with Crippen LogP contribution in [0.25, 0.3) is 0 Å². The van der Waals surface area contributed by atoms with E-state index < -0.39 is 53.6 Å². The number of ketones is 1. The summed E-state index contributed by atoms with van der Waals surface area (Å²) in [4.78, 5) is 73.0. The lowest BCUT2D eigenvalue weighted by Crippen LogP contribution is -2.58. The van der Waals surface area contributed by atoms with Gasteiger partial charge >= 0.3 is 11.9 Å². The average molecular weight is 448 g/mol. The van der Waals surface area contributed by atoms with Crippen LogP contribution in [0.2, 0.25) is 0 Å². The van der Waals surface area contributed by atoms with E-state index in [0.29, 0.717) is 4.90 Å². The molecule has 12 heteroatoms. The molecule has 0 saturated heterocycles. The maximum atomic E-state index is 12.8. The molecule has 0 spiro atoms. The fourth-order valence-corrected chi connectivity index (χ4v) is 2.66. The first-order valence-electron chi connectivity index (χ1n) is 9.34. The highest BCUT2D eigenvalue weighted by Gasteiger charge is 2.40. The molecule has 3 unspecified atom stereocenters. The van der Waals surface area contributed by atoms with Crippen molar-refractivity contribution in [3.05, 3.63) is 0 Å². The van der Waals surface area contributed by atoms with Gasteiger partial charge in [-0.25, -0.2) is 4.79 Å². The number of Topliss-reactive ketones (excluding diaryl/α,β-unsaturated/α-hetero) is 1. The SMILES string of the molecule is CCOC(=O)C(N)CCC(=O)NC(CS)C(=O)N(C(C)=O)C(C(C)=O)C(=O)OCC. The van der Waals surface area contributed by atoms with Crippen molar-refractivity contribution >= 4 is 48.1 Å². The summed E-state index contributed by atoms with van der Waals surface area (Å²) in [5, 5.41) is 2.36. The topological polar surface area (TPSA) is 162 Å². The minimum Gasteiger partial charge on any atom is -0.465 e. The molecule has 0 aliphatic heterocycles. The largest absolute Gasteiger partial charge is 0.465 e. The summed E-state index contributed by atoms with van der Waals surface area (Å²) in [7, 11) is 0. The number of amides is 3. The van der Waals surface area contributed by atoms with Crippen LogP contribution in [0.4, 0.5) is 0 Å². The van der Waals surface area contributed by atoms with Crippen molar-refractivity contribution in [3.8, 4) is 0 Å². The van der Waals surface area contributed by atoms with Gasteiger partial charge < -0.3 is 20.5 Å². The highest BCUT2D eigenvalue weighted by Crippen LogP contribution is 2.10. The second-order valence-electron chi connectivity index (χ2n) is 6.19. The lowest BCUT2D eigenvalue weighted by molar-refractivity contribution is -0.164. The van der Waals surface area contributed by atoms with Crippen molar-refractivity contribution in [1.29, 1.82) is 0 Å². The van der Waals surface area contributed by atoms with Crippen molar-refractivity contribution in [2.24, 2.45) is 5.73 Å². The third-order valence-electron chi connectivity index (χ3n) is 3.82. The molecule has 0 aromatic heterocycles. The Morgan fingerprint density at radius 1 is 1.00 bits per heavy atom. The summed E-state index contributed by atoms with van der Waals surface area (Å²) >= 11 is 4.00. The van der Waals surface area contributed by atoms with Crippen molar-refractivity contribution in [3.63, 3.8) is 0 Å². The van der Waals surface area contributed by atoms with Gasteiger partial charge in [0.05, 0.1) is 13.2 Å². The monoisotopic (exact) mass is 447 g/mol. The zero-order valence-corrected chi connectivity index (χ0v) is 18.4. The number of nitrogens with one attached hydrogen (secondary N) is 1. The molecule has 0 aromatic rings. The van der Waals surface area contributed by atoms with Crippen LogP contribution in [0.1, 0.15) is 40.5 Å². The van der Waals surface area contributed by atoms with Gasteiger partial charge in [0.15, 0.2) is 11.8 Å². The van der Waals surface area contributed by atoms with E-state index in [2.05, 4.69) is 17.9 Å². The lowest BCUT2D eigenvalue weighted by atomic mass is 10.1. The minimum atomic E-state index is -1.77. The molecule has 3 amide bonds. The summed E-state index contributed by atoms with van der Waals surface area (Å²) in [6, 6.07) is -4.09. The van der Waals surface area contributed by atoms with Gasteiger partial charge in [0, 0.05) is 19.1 Å². The maximum Gasteiger partial charge on any atom is 0.337 e. The van der Waals surface area contributed by atoms with E-state index in [1.54, 1.807) is 6.92 Å². The van der Waals surface area contributed by atoms with E-state index in [-0.39, 0.29) is 31.8 Å². The van der Waals surface area contributed by atoms with Gasteiger partial charge in [-0.3, -0.25) is 28.9 Å². The Morgan fingerprint density at radius 2 is 1.53 bits per heavy atom. The molecular formula is C18H29N3O8S. The first-order chi connectivity index (χ1) is 14.0. The standard InChI is InChI=1S/C18H29N3O8S/c1-5-28-17(26)12(19)7-8-14(24)20-13(9-30)16(25)21(11(4)23)15(10(3)22)18(27)29-6-2/h12-13,15,30H,5-9,19H2,1-4H3,(H,20,24). The molecule has 0 bridgehead atoms. The van der Waals surface area contributed by atoms with Crippen LogP contribution < -0.4 is 11.1 Å². The van der Waals surface area contributed by atoms with Crippen molar-refractivity contribution in [2.45, 2.75) is 58.7 Å². The van der Waals surface area contributed by atoms with E-state index in [0.717, 1.165) is 13.8 Å². The molecule has 3 atom stereocenters. The van der Waals surface area contributed by atoms with Crippen LogP contribution in [0.5, 0.6) is 0 Å². The summed E-state index contributed by atoms with van der Waals surface area (Å²) < 4.78 is 9.52. The van der Waals surface area contributed by atoms with Crippen LogP contribution in [0.15, 0.2) is 0 Å². The van der Waals surface area contributed by atoms with Crippen molar-refractivity contribution < 1.29 is 38.2 Å². The number of carbonyl (C=O) groups is 6. The number of rotatable bonds is 12. The minimum absolute atomic E-state index is 0.0343. The Morgan fingerprint density at radius 3 is 1.97 bits per heavy atom. The number of nitrogens with two attached hydrogens (primary N) is 1. The van der Waals surface area contributed by atoms with Gasteiger partial charge in [0.25, 0.3) is 5.91 Å². The van der Waals surface area contributed by atoms with Crippen molar-refractivity contribution in [2.75, 3.05) is 19.0 Å². The zero-order chi connectivity index (χ0) is 23.4. The Labute approximate surface area is 180 Å². The van der Waals surface area contributed by atoms with Crippen LogP contribution >= 0.6 is 12.6 Å². The van der Waals surface area contributed by atoms with Crippen LogP contribution in [0, 0.1) is 0 Å². The maximum absolute atomic E-state index is 12.8. The molecule has 0 aliphatic rings. The van der Waals surface area contributed by atoms with Crippen LogP contribution in [-0.2, 0) is 38.2 Å². The van der Waals surface area contributed by atoms with E-state index in [1.165, 1.54) is 6.92 Å². The molecule has 0 aromatic carbocycles. The van der Waals surface area contributed by atoms with E-state index in [4.69, 9.17) is 15.2 Å². The Hall–Kier alpha value is -2.47. The Bertz CT molecular complexity index is 670. The van der Waals surface area contributed by atoms with Crippen LogP contribution in [0.3, 0.4) is 0 Å². The second kappa shape index (κ2) is 13.7. The molecule has 0 radical (unpaired) electrons. The van der Waals surface area contributed by atoms with Gasteiger partial charge in [0.2, 0.25) is 11.8 Å². The Balaban J connectivity index is 5.31. The normalized spacial score (nSPS) is 13.4. The predicted molar refractivity (Wildman–Crippen MR) is 108 cm³/mol. The number of imide groups is 1. The molecule has 170 valence electrons. The number of hydrogen-bond acceptors (Lipinski definition) is 10. The molecule has 0 aliphatic carbocycles. The Kier molecular flexibility index (Phi) is 12.6. The first kappa shape index (κ1) is 27.5.